The summed E-state index contributed by atoms with van der Waals surface area (Å²) in [6.45, 7) is -0.670. The molecule has 3 N–H and O–H groups in total. The van der Waals surface area contributed by atoms with Crippen molar-refractivity contribution in [3.8, 4) is 5.75 Å². The summed E-state index contributed by atoms with van der Waals surface area (Å²) in [6, 6.07) is 3.83. The van der Waals surface area contributed by atoms with E-state index in [4.69, 9.17) is 21.1 Å². The normalized spacial score (nSPS) is 31.4. The number of benzene rings is 1. The molecule has 4 saturated carbocycles. The molecule has 0 spiro atoms. The minimum atomic E-state index is -4.69. The molecule has 0 aromatic heterocycles. The Kier molecular flexibility index (Phi) is 7.70. The molecule has 5 rings (SSSR count). The molecular formula is C23H27ClF4N2O6. The Morgan fingerprint density at radius 2 is 1.72 bits per heavy atom. The molecule has 4 aliphatic rings. The van der Waals surface area contributed by atoms with E-state index in [1.807, 2.05) is 0 Å². The fourth-order valence-corrected chi connectivity index (χ4v) is 5.27. The predicted molar refractivity (Wildman–Crippen MR) is 118 cm³/mol. The third kappa shape index (κ3) is 6.39. The highest BCUT2D eigenvalue weighted by Gasteiger charge is 2.55. The van der Waals surface area contributed by atoms with Crippen LogP contribution >= 0.6 is 11.6 Å². The largest absolute Gasteiger partial charge is 0.522 e. The van der Waals surface area contributed by atoms with Crippen molar-refractivity contribution in [3.63, 3.8) is 0 Å². The highest BCUT2D eigenvalue weighted by molar-refractivity contribution is 6.30. The number of nitrogens with one attached hydrogen (secondary N) is 2. The lowest BCUT2D eigenvalue weighted by atomic mass is 9.60. The number of hydrogen-bond acceptors (Lipinski definition) is 6. The molecule has 0 aliphatic heterocycles. The highest BCUT2D eigenvalue weighted by atomic mass is 35.5. The minimum absolute atomic E-state index is 0.0624. The van der Waals surface area contributed by atoms with Crippen molar-refractivity contribution in [1.29, 1.82) is 0 Å². The molecule has 1 aromatic carbocycles. The lowest BCUT2D eigenvalue weighted by molar-refractivity contribution is -0.357. The van der Waals surface area contributed by atoms with Crippen LogP contribution in [0.1, 0.15) is 44.9 Å². The number of fused-ring (bicyclic) bond motifs is 3. The van der Waals surface area contributed by atoms with E-state index in [0.29, 0.717) is 25.7 Å². The van der Waals surface area contributed by atoms with Crippen molar-refractivity contribution < 1.29 is 46.5 Å². The second-order valence-electron chi connectivity index (χ2n) is 9.71. The van der Waals surface area contributed by atoms with Gasteiger partial charge < -0.3 is 25.2 Å². The van der Waals surface area contributed by atoms with Crippen LogP contribution in [-0.4, -0.2) is 65.9 Å². The zero-order chi connectivity index (χ0) is 26.1. The van der Waals surface area contributed by atoms with E-state index in [0.717, 1.165) is 6.07 Å². The minimum Gasteiger partial charge on any atom is -0.484 e. The second-order valence-corrected chi connectivity index (χ2v) is 10.1. The number of aliphatic hydroxyl groups is 1. The van der Waals surface area contributed by atoms with Crippen molar-refractivity contribution in [2.24, 2.45) is 0 Å². The zero-order valence-electron chi connectivity index (χ0n) is 19.2. The van der Waals surface area contributed by atoms with Crippen LogP contribution < -0.4 is 15.4 Å². The van der Waals surface area contributed by atoms with Gasteiger partial charge in [0.2, 0.25) is 5.91 Å². The highest BCUT2D eigenvalue weighted by Crippen LogP contribution is 2.47. The Balaban J connectivity index is 1.20. The summed E-state index contributed by atoms with van der Waals surface area (Å²) in [5, 5.41) is 16.5. The van der Waals surface area contributed by atoms with Gasteiger partial charge in [-0.15, -0.1) is 13.2 Å². The number of aliphatic hydroxyl groups excluding tert-OH is 1. The number of halogens is 5. The first-order chi connectivity index (χ1) is 16.9. The quantitative estimate of drug-likeness (QED) is 0.418. The summed E-state index contributed by atoms with van der Waals surface area (Å²) < 4.78 is 64.7. The maximum atomic E-state index is 13.5. The van der Waals surface area contributed by atoms with Gasteiger partial charge in [-0.1, -0.05) is 11.6 Å². The van der Waals surface area contributed by atoms with Crippen molar-refractivity contribution in [1.82, 2.24) is 10.6 Å². The van der Waals surface area contributed by atoms with Gasteiger partial charge in [0.15, 0.2) is 6.61 Å². The monoisotopic (exact) mass is 538 g/mol. The van der Waals surface area contributed by atoms with Crippen LogP contribution in [0.4, 0.5) is 17.6 Å². The van der Waals surface area contributed by atoms with Crippen LogP contribution in [0.2, 0.25) is 5.02 Å². The van der Waals surface area contributed by atoms with E-state index in [9.17, 15) is 32.3 Å². The molecule has 200 valence electrons. The molecule has 0 radical (unpaired) electrons. The third-order valence-electron chi connectivity index (χ3n) is 7.18. The van der Waals surface area contributed by atoms with Crippen molar-refractivity contribution in [2.45, 2.75) is 80.7 Å². The van der Waals surface area contributed by atoms with Gasteiger partial charge in [-0.05, 0) is 44.2 Å². The third-order valence-corrected chi connectivity index (χ3v) is 7.48. The molecule has 4 fully saturated rings. The van der Waals surface area contributed by atoms with Gasteiger partial charge in [0.05, 0.1) is 28.9 Å². The van der Waals surface area contributed by atoms with Gasteiger partial charge in [0.25, 0.3) is 5.91 Å². The summed E-state index contributed by atoms with van der Waals surface area (Å²) >= 11 is 5.63. The summed E-state index contributed by atoms with van der Waals surface area (Å²) in [5.41, 5.74) is -1.50. The van der Waals surface area contributed by atoms with Gasteiger partial charge >= 0.3 is 6.36 Å². The molecule has 2 bridgehead atoms. The van der Waals surface area contributed by atoms with Gasteiger partial charge in [0, 0.05) is 24.4 Å². The van der Waals surface area contributed by atoms with Crippen LogP contribution in [-0.2, 0) is 19.1 Å². The van der Waals surface area contributed by atoms with E-state index in [-0.39, 0.29) is 43.2 Å². The van der Waals surface area contributed by atoms with Crippen LogP contribution in [0.3, 0.4) is 0 Å². The van der Waals surface area contributed by atoms with Crippen molar-refractivity contribution in [3.05, 3.63) is 29.0 Å². The Hall–Kier alpha value is -2.15. The summed E-state index contributed by atoms with van der Waals surface area (Å²) in [5.74, 6) is -1.40. The Morgan fingerprint density at radius 1 is 1.06 bits per heavy atom. The smallest absolute Gasteiger partial charge is 0.484 e. The van der Waals surface area contributed by atoms with E-state index in [2.05, 4.69) is 15.4 Å². The van der Waals surface area contributed by atoms with E-state index in [1.165, 1.54) is 12.1 Å². The lowest BCUT2D eigenvalue weighted by Gasteiger charge is -2.56. The number of alkyl halides is 3. The first-order valence-electron chi connectivity index (χ1n) is 11.6. The van der Waals surface area contributed by atoms with Gasteiger partial charge in [0.1, 0.15) is 18.2 Å². The van der Waals surface area contributed by atoms with Gasteiger partial charge in [-0.3, -0.25) is 14.3 Å². The van der Waals surface area contributed by atoms with Crippen LogP contribution in [0.15, 0.2) is 18.2 Å². The Bertz CT molecular complexity index is 980. The molecule has 13 heteroatoms. The maximum absolute atomic E-state index is 13.5. The SMILES string of the molecule is O=C(COC1CC(OC(F)(F)F)C1)NC12CCC(NC(=O)COc3ccc(Cl)c(F)c3)(CC1)C(O)C2. The summed E-state index contributed by atoms with van der Waals surface area (Å²) in [6.07, 6.45) is -4.78. The molecule has 1 unspecified atom stereocenters. The molecule has 1 aromatic rings. The fraction of sp³-hybridized carbons (Fsp3) is 0.652. The topological polar surface area (TPSA) is 106 Å². The number of rotatable bonds is 9. The molecular weight excluding hydrogens is 512 g/mol. The average molecular weight is 539 g/mol. The zero-order valence-corrected chi connectivity index (χ0v) is 20.0. The molecule has 4 aliphatic carbocycles. The number of carbonyl (C=O) groups excluding carboxylic acids is 2. The van der Waals surface area contributed by atoms with Gasteiger partial charge in [-0.2, -0.15) is 0 Å². The Labute approximate surface area is 209 Å². The number of carbonyl (C=O) groups is 2. The standard InChI is InChI=1S/C23H27ClF4N2O6/c24-16-2-1-13(9-17(16)25)34-12-20(33)30-22-5-3-21(4-6-22,10-18(22)31)29-19(32)11-35-14-7-15(8-14)36-23(26,27)28/h1-2,9,14-15,18,31H,3-8,10-12H2,(H,29,32)(H,30,33). The molecule has 2 amide bonds. The van der Waals surface area contributed by atoms with Crippen molar-refractivity contribution >= 4 is 23.4 Å². The second kappa shape index (κ2) is 10.3. The molecule has 1 atom stereocenters. The van der Waals surface area contributed by atoms with Crippen molar-refractivity contribution in [2.75, 3.05) is 13.2 Å². The van der Waals surface area contributed by atoms with Crippen LogP contribution in [0, 0.1) is 5.82 Å². The van der Waals surface area contributed by atoms with E-state index >= 15 is 0 Å². The van der Waals surface area contributed by atoms with Gasteiger partial charge in [-0.25, -0.2) is 4.39 Å². The predicted octanol–water partition coefficient (Wildman–Crippen LogP) is 2.99. The fourth-order valence-electron chi connectivity index (χ4n) is 5.16. The number of amides is 2. The first kappa shape index (κ1) is 26.9. The molecule has 0 saturated heterocycles. The van der Waals surface area contributed by atoms with Crippen LogP contribution in [0.25, 0.3) is 0 Å². The Morgan fingerprint density at radius 3 is 2.33 bits per heavy atom. The van der Waals surface area contributed by atoms with E-state index in [1.54, 1.807) is 0 Å². The first-order valence-corrected chi connectivity index (χ1v) is 12.0. The molecule has 8 nitrogen and oxygen atoms in total. The maximum Gasteiger partial charge on any atom is 0.522 e. The van der Waals surface area contributed by atoms with E-state index < -0.39 is 53.4 Å². The average Bonchev–Trinajstić information content (AvgIpc) is 2.76. The van der Waals surface area contributed by atoms with Crippen LogP contribution in [0.5, 0.6) is 5.75 Å². The molecule has 0 heterocycles. The number of hydrogen-bond donors (Lipinski definition) is 3. The molecule has 36 heavy (non-hydrogen) atoms. The lowest BCUT2D eigenvalue weighted by Crippen LogP contribution is -2.70. The summed E-state index contributed by atoms with van der Waals surface area (Å²) in [7, 11) is 0. The summed E-state index contributed by atoms with van der Waals surface area (Å²) in [4.78, 5) is 24.9. The number of ether oxygens (including phenoxy) is 3.